The smallest absolute Gasteiger partial charge is 0.225 e. The number of aliphatic hydroxyl groups excluding tert-OH is 3. The van der Waals surface area contributed by atoms with E-state index in [-0.39, 0.29) is 54.6 Å². The molecule has 0 aliphatic carbocycles. The molecular weight excluding hydrogens is 636 g/mol. The summed E-state index contributed by atoms with van der Waals surface area (Å²) in [6, 6.07) is 0. The number of rotatable bonds is 18. The molecule has 0 bridgehead atoms. The first-order valence-electron chi connectivity index (χ1n) is 19.5. The van der Waals surface area contributed by atoms with Gasteiger partial charge in [0.1, 0.15) is 0 Å². The van der Waals surface area contributed by atoms with Gasteiger partial charge in [0.15, 0.2) is 0 Å². The summed E-state index contributed by atoms with van der Waals surface area (Å²) in [5.74, 6) is 0.412. The van der Waals surface area contributed by atoms with E-state index in [0.29, 0.717) is 37.3 Å². The van der Waals surface area contributed by atoms with Gasteiger partial charge in [0.25, 0.3) is 0 Å². The molecule has 12 unspecified atom stereocenters. The van der Waals surface area contributed by atoms with Crippen molar-refractivity contribution < 1.29 is 39.1 Å². The van der Waals surface area contributed by atoms with Crippen LogP contribution < -0.4 is 10.6 Å². The molecule has 5 N–H and O–H groups in total. The number of amides is 2. The van der Waals surface area contributed by atoms with Gasteiger partial charge in [-0.05, 0) is 108 Å². The molecule has 3 fully saturated rings. The van der Waals surface area contributed by atoms with Gasteiger partial charge < -0.3 is 40.2 Å². The fourth-order valence-corrected chi connectivity index (χ4v) is 7.76. The predicted molar refractivity (Wildman–Crippen MR) is 196 cm³/mol. The zero-order valence-electron chi connectivity index (χ0n) is 32.1. The van der Waals surface area contributed by atoms with Gasteiger partial charge in [0, 0.05) is 26.1 Å². The third-order valence-corrected chi connectivity index (χ3v) is 11.4. The topological polar surface area (TPSA) is 147 Å². The van der Waals surface area contributed by atoms with Crippen LogP contribution in [0.25, 0.3) is 0 Å². The van der Waals surface area contributed by atoms with E-state index in [4.69, 9.17) is 14.2 Å². The Bertz CT molecular complexity index is 1100. The molecule has 3 rings (SSSR count). The number of ether oxygens (including phenoxy) is 3. The van der Waals surface area contributed by atoms with Crippen LogP contribution in [0.1, 0.15) is 119 Å². The fourth-order valence-electron chi connectivity index (χ4n) is 7.76. The van der Waals surface area contributed by atoms with Crippen LogP contribution in [0.4, 0.5) is 0 Å². The summed E-state index contributed by atoms with van der Waals surface area (Å²) < 4.78 is 19.1. The van der Waals surface area contributed by atoms with Crippen LogP contribution in [-0.4, -0.2) is 95.7 Å². The minimum atomic E-state index is -1.01. The van der Waals surface area contributed by atoms with Gasteiger partial charge in [-0.1, -0.05) is 45.9 Å². The lowest BCUT2D eigenvalue weighted by atomic mass is 9.77. The summed E-state index contributed by atoms with van der Waals surface area (Å²) in [6.45, 7) is 15.8. The zero-order valence-corrected chi connectivity index (χ0v) is 32.1. The number of hydrogen-bond donors (Lipinski definition) is 5. The maximum absolute atomic E-state index is 12.9. The SMILES string of the molecule is C/C=C/C(O)CC1CCC(C)C(CC(=O)NCC(O)C(C)C(=O)NCCCC2OC3(CCC2C)COCC(CCC(C)/C=C(\C)C(C)O)C3)O1. The molecule has 1 spiro atoms. The van der Waals surface area contributed by atoms with Crippen molar-refractivity contribution in [2.75, 3.05) is 26.3 Å². The molecule has 12 atom stereocenters. The first-order chi connectivity index (χ1) is 23.7. The van der Waals surface area contributed by atoms with Gasteiger partial charge in [-0.15, -0.1) is 0 Å². The van der Waals surface area contributed by atoms with Gasteiger partial charge in [-0.2, -0.15) is 0 Å². The van der Waals surface area contributed by atoms with Crippen molar-refractivity contribution in [2.45, 2.75) is 161 Å². The minimum absolute atomic E-state index is 0.00630. The third-order valence-electron chi connectivity index (χ3n) is 11.4. The van der Waals surface area contributed by atoms with Crippen molar-refractivity contribution in [1.82, 2.24) is 10.6 Å². The van der Waals surface area contributed by atoms with Gasteiger partial charge in [-0.25, -0.2) is 0 Å². The zero-order chi connectivity index (χ0) is 36.8. The molecule has 50 heavy (non-hydrogen) atoms. The van der Waals surface area contributed by atoms with Gasteiger partial charge in [-0.3, -0.25) is 9.59 Å². The highest BCUT2D eigenvalue weighted by molar-refractivity contribution is 5.79. The standard InChI is InChI=1S/C40H70N2O8/c1-8-10-33(44)20-34-15-13-27(3)37(49-34)21-38(46)42-23-35(45)30(6)39(47)41-18-9-11-36-28(4)16-17-40(50-36)22-32(24-48-25-40)14-12-26(2)19-29(5)31(7)43/h8,10,19,26-28,30-37,43-45H,9,11-18,20-25H2,1-7H3,(H,41,47)(H,42,46)/b10-8+,29-19+. The Morgan fingerprint density at radius 3 is 2.46 bits per heavy atom. The monoisotopic (exact) mass is 707 g/mol. The van der Waals surface area contributed by atoms with E-state index in [1.54, 1.807) is 13.0 Å². The summed E-state index contributed by atoms with van der Waals surface area (Å²) in [7, 11) is 0. The number of nitrogens with one attached hydrogen (secondary N) is 2. The summed E-state index contributed by atoms with van der Waals surface area (Å²) in [5, 5.41) is 36.4. The van der Waals surface area contributed by atoms with Crippen LogP contribution in [0.15, 0.2) is 23.8 Å². The Kier molecular flexibility index (Phi) is 17.9. The Hall–Kier alpha value is -1.82. The van der Waals surface area contributed by atoms with Gasteiger partial charge in [0.05, 0.1) is 61.2 Å². The van der Waals surface area contributed by atoms with E-state index >= 15 is 0 Å². The highest BCUT2D eigenvalue weighted by Gasteiger charge is 2.44. The van der Waals surface area contributed by atoms with Crippen molar-refractivity contribution in [3.63, 3.8) is 0 Å². The summed E-state index contributed by atoms with van der Waals surface area (Å²) in [5.41, 5.74) is 0.786. The Morgan fingerprint density at radius 2 is 1.74 bits per heavy atom. The van der Waals surface area contributed by atoms with Crippen molar-refractivity contribution in [3.05, 3.63) is 23.8 Å². The molecule has 10 heteroatoms. The highest BCUT2D eigenvalue weighted by atomic mass is 16.6. The Balaban J connectivity index is 1.36. The first kappa shape index (κ1) is 42.6. The predicted octanol–water partition coefficient (Wildman–Crippen LogP) is 5.23. The number of carbonyl (C=O) groups is 2. The molecule has 0 aromatic rings. The molecule has 0 aromatic heterocycles. The van der Waals surface area contributed by atoms with Crippen LogP contribution in [0, 0.1) is 29.6 Å². The van der Waals surface area contributed by atoms with E-state index < -0.39 is 24.2 Å². The Morgan fingerprint density at radius 1 is 1.00 bits per heavy atom. The third kappa shape index (κ3) is 14.0. The van der Waals surface area contributed by atoms with E-state index in [1.165, 1.54) is 0 Å². The maximum atomic E-state index is 12.9. The van der Waals surface area contributed by atoms with Crippen molar-refractivity contribution >= 4 is 11.8 Å². The molecular formula is C40H70N2O8. The van der Waals surface area contributed by atoms with E-state index in [0.717, 1.165) is 70.0 Å². The van der Waals surface area contributed by atoms with Crippen LogP contribution >= 0.6 is 0 Å². The van der Waals surface area contributed by atoms with Gasteiger partial charge >= 0.3 is 0 Å². The molecule has 0 aromatic carbocycles. The molecule has 0 radical (unpaired) electrons. The number of hydrogen-bond acceptors (Lipinski definition) is 8. The van der Waals surface area contributed by atoms with Crippen molar-refractivity contribution in [1.29, 1.82) is 0 Å². The second kappa shape index (κ2) is 21.0. The van der Waals surface area contributed by atoms with E-state index in [9.17, 15) is 24.9 Å². The number of aliphatic hydroxyl groups is 3. The quantitative estimate of drug-likeness (QED) is 0.0963. The van der Waals surface area contributed by atoms with Crippen molar-refractivity contribution in [2.24, 2.45) is 29.6 Å². The summed E-state index contributed by atoms with van der Waals surface area (Å²) in [4.78, 5) is 25.6. The second-order valence-corrected chi connectivity index (χ2v) is 16.1. The molecule has 3 aliphatic rings. The highest BCUT2D eigenvalue weighted by Crippen LogP contribution is 2.42. The lowest BCUT2D eigenvalue weighted by Crippen LogP contribution is -2.51. The molecule has 3 saturated heterocycles. The van der Waals surface area contributed by atoms with Crippen LogP contribution in [0.2, 0.25) is 0 Å². The molecule has 3 heterocycles. The maximum Gasteiger partial charge on any atom is 0.225 e. The lowest BCUT2D eigenvalue weighted by Gasteiger charge is -2.48. The molecule has 2 amide bonds. The number of allylic oxidation sites excluding steroid dienone is 2. The first-order valence-corrected chi connectivity index (χ1v) is 19.5. The summed E-state index contributed by atoms with van der Waals surface area (Å²) >= 11 is 0. The van der Waals surface area contributed by atoms with Crippen LogP contribution in [-0.2, 0) is 23.8 Å². The molecule has 10 nitrogen and oxygen atoms in total. The summed E-state index contributed by atoms with van der Waals surface area (Å²) in [6.07, 6.45) is 12.9. The minimum Gasteiger partial charge on any atom is -0.390 e. The van der Waals surface area contributed by atoms with Crippen LogP contribution in [0.5, 0.6) is 0 Å². The normalized spacial score (nSPS) is 32.3. The largest absolute Gasteiger partial charge is 0.390 e. The molecule has 288 valence electrons. The van der Waals surface area contributed by atoms with Crippen molar-refractivity contribution in [3.8, 4) is 0 Å². The average Bonchev–Trinajstić information content (AvgIpc) is 3.07. The molecule has 3 aliphatic heterocycles. The lowest BCUT2D eigenvalue weighted by molar-refractivity contribution is -0.211. The Labute approximate surface area is 302 Å². The van der Waals surface area contributed by atoms with Crippen LogP contribution in [0.3, 0.4) is 0 Å². The number of carbonyl (C=O) groups excluding carboxylic acids is 2. The second-order valence-electron chi connectivity index (χ2n) is 16.1. The van der Waals surface area contributed by atoms with E-state index in [1.807, 2.05) is 26.8 Å². The van der Waals surface area contributed by atoms with Gasteiger partial charge in [0.2, 0.25) is 11.8 Å². The molecule has 0 saturated carbocycles. The fraction of sp³-hybridized carbons (Fsp3) is 0.850. The average molecular weight is 707 g/mol. The van der Waals surface area contributed by atoms with E-state index in [2.05, 4.69) is 37.5 Å².